The number of carbonyl (C=O) groups excluding carboxylic acids is 1. The van der Waals surface area contributed by atoms with Gasteiger partial charge in [-0.2, -0.15) is 5.10 Å². The van der Waals surface area contributed by atoms with Crippen molar-refractivity contribution in [2.24, 2.45) is 5.10 Å². The zero-order chi connectivity index (χ0) is 24.0. The summed E-state index contributed by atoms with van der Waals surface area (Å²) in [6.07, 6.45) is 2.40. The summed E-state index contributed by atoms with van der Waals surface area (Å²) in [6, 6.07) is 3.47. The summed E-state index contributed by atoms with van der Waals surface area (Å²) in [7, 11) is 0. The number of hydrogen-bond acceptors (Lipinski definition) is 7. The quantitative estimate of drug-likeness (QED) is 0.621. The van der Waals surface area contributed by atoms with Crippen molar-refractivity contribution < 1.29 is 27.2 Å². The van der Waals surface area contributed by atoms with E-state index in [1.54, 1.807) is 6.92 Å². The number of hydrogen-bond donors (Lipinski definition) is 1. The van der Waals surface area contributed by atoms with Crippen LogP contribution in [0.3, 0.4) is 0 Å². The van der Waals surface area contributed by atoms with Gasteiger partial charge in [-0.05, 0) is 24.6 Å². The van der Waals surface area contributed by atoms with Crippen molar-refractivity contribution in [1.82, 2.24) is 20.0 Å². The Hall–Kier alpha value is -4.09. The van der Waals surface area contributed by atoms with E-state index in [1.807, 2.05) is 0 Å². The van der Waals surface area contributed by atoms with Crippen LogP contribution >= 0.6 is 0 Å². The van der Waals surface area contributed by atoms with Crippen LogP contribution in [0.1, 0.15) is 23.8 Å². The minimum atomic E-state index is -0.728. The van der Waals surface area contributed by atoms with Crippen LogP contribution in [-0.2, 0) is 0 Å². The second kappa shape index (κ2) is 8.36. The summed E-state index contributed by atoms with van der Waals surface area (Å²) in [5, 5.41) is 8.92. The molecular weight excluding hydrogens is 453 g/mol. The molecule has 3 aromatic rings. The summed E-state index contributed by atoms with van der Waals surface area (Å²) in [6.45, 7) is 2.02. The highest BCUT2D eigenvalue weighted by Gasteiger charge is 2.39. The molecule has 0 radical (unpaired) electrons. The maximum absolute atomic E-state index is 14.3. The number of aryl methyl sites for hydroxylation is 1. The molecule has 34 heavy (non-hydrogen) atoms. The molecule has 1 fully saturated rings. The highest BCUT2D eigenvalue weighted by Crippen LogP contribution is 2.33. The molecule has 2 N–H and O–H groups in total. The van der Waals surface area contributed by atoms with Gasteiger partial charge < -0.3 is 19.9 Å². The average Bonchev–Trinajstić information content (AvgIpc) is 3.37. The molecule has 1 saturated heterocycles. The van der Waals surface area contributed by atoms with Crippen molar-refractivity contribution in [1.29, 1.82) is 0 Å². The van der Waals surface area contributed by atoms with Crippen LogP contribution in [0.25, 0.3) is 11.3 Å². The smallest absolute Gasteiger partial charge is 0.341 e. The first-order valence-electron chi connectivity index (χ1n) is 10.4. The SMILES string of the molecule is Cc1onc(N)c1-c1cc(OC2CN(C(=O)N3N=CC[C@H]3c3cc(F)cc(F)c3)C2)c(F)cn1. The number of benzene rings is 1. The lowest BCUT2D eigenvalue weighted by Crippen LogP contribution is -2.58. The predicted octanol–water partition coefficient (Wildman–Crippen LogP) is 3.66. The maximum Gasteiger partial charge on any atom is 0.341 e. The van der Waals surface area contributed by atoms with Crippen LogP contribution in [0.15, 0.2) is 40.1 Å². The van der Waals surface area contributed by atoms with Crippen molar-refractivity contribution in [2.45, 2.75) is 25.5 Å². The first-order chi connectivity index (χ1) is 16.3. The third-order valence-electron chi connectivity index (χ3n) is 5.67. The summed E-state index contributed by atoms with van der Waals surface area (Å²) >= 11 is 0. The summed E-state index contributed by atoms with van der Waals surface area (Å²) < 4.78 is 52.3. The van der Waals surface area contributed by atoms with Gasteiger partial charge in [0, 0.05) is 24.8 Å². The van der Waals surface area contributed by atoms with Gasteiger partial charge in [0.15, 0.2) is 17.4 Å². The molecule has 0 bridgehead atoms. The Balaban J connectivity index is 1.25. The molecule has 0 unspecified atom stereocenters. The van der Waals surface area contributed by atoms with Crippen molar-refractivity contribution in [3.05, 3.63) is 59.2 Å². The van der Waals surface area contributed by atoms with E-state index >= 15 is 0 Å². The molecule has 5 rings (SSSR count). The van der Waals surface area contributed by atoms with E-state index in [-0.39, 0.29) is 24.7 Å². The lowest BCUT2D eigenvalue weighted by Gasteiger charge is -2.41. The molecule has 4 heterocycles. The van der Waals surface area contributed by atoms with Crippen molar-refractivity contribution in [2.75, 3.05) is 18.8 Å². The molecule has 12 heteroatoms. The van der Waals surface area contributed by atoms with Gasteiger partial charge in [-0.25, -0.2) is 23.0 Å². The number of likely N-dealkylation sites (tertiary alicyclic amines) is 1. The monoisotopic (exact) mass is 472 g/mol. The first kappa shape index (κ1) is 21.7. The number of pyridine rings is 1. The Morgan fingerprint density at radius 2 is 1.91 bits per heavy atom. The largest absolute Gasteiger partial charge is 0.483 e. The highest BCUT2D eigenvalue weighted by molar-refractivity contribution is 5.79. The van der Waals surface area contributed by atoms with Crippen LogP contribution in [0.5, 0.6) is 5.75 Å². The number of anilines is 1. The minimum absolute atomic E-state index is 0.0468. The average molecular weight is 472 g/mol. The van der Waals surface area contributed by atoms with Crippen molar-refractivity contribution >= 4 is 18.1 Å². The third-order valence-corrected chi connectivity index (χ3v) is 5.67. The van der Waals surface area contributed by atoms with E-state index in [0.29, 0.717) is 29.0 Å². The standard InChI is InChI=1S/C22H19F3N6O3/c1-11-20(21(26)29-34-11)17-7-19(16(25)8-27-17)33-15-9-30(10-15)22(32)31-18(2-3-28-31)12-4-13(23)6-14(24)5-12/h3-8,15,18H,2,9-10H2,1H3,(H2,26,29)/t18-/m0/s1. The van der Waals surface area contributed by atoms with Gasteiger partial charge in [-0.1, -0.05) is 5.16 Å². The van der Waals surface area contributed by atoms with Crippen LogP contribution in [0, 0.1) is 24.4 Å². The Morgan fingerprint density at radius 3 is 2.59 bits per heavy atom. The fraction of sp³-hybridized carbons (Fsp3) is 0.273. The normalized spacial score (nSPS) is 17.8. The summed E-state index contributed by atoms with van der Waals surface area (Å²) in [5.74, 6) is -1.61. The molecule has 9 nitrogen and oxygen atoms in total. The minimum Gasteiger partial charge on any atom is -0.483 e. The third kappa shape index (κ3) is 3.91. The van der Waals surface area contributed by atoms with Gasteiger partial charge in [0.05, 0.1) is 36.6 Å². The van der Waals surface area contributed by atoms with Crippen molar-refractivity contribution in [3.63, 3.8) is 0 Å². The number of rotatable bonds is 4. The van der Waals surface area contributed by atoms with Gasteiger partial charge in [-0.3, -0.25) is 4.98 Å². The molecule has 176 valence electrons. The lowest BCUT2D eigenvalue weighted by atomic mass is 10.0. The molecular formula is C22H19F3N6O3. The van der Waals surface area contributed by atoms with E-state index in [1.165, 1.54) is 34.3 Å². The van der Waals surface area contributed by atoms with Gasteiger partial charge in [0.2, 0.25) is 0 Å². The highest BCUT2D eigenvalue weighted by atomic mass is 19.1. The van der Waals surface area contributed by atoms with Crippen LogP contribution in [0.4, 0.5) is 23.8 Å². The number of hydrazone groups is 1. The van der Waals surface area contributed by atoms with E-state index < -0.39 is 35.6 Å². The molecule has 2 amide bonds. The molecule has 0 aliphatic carbocycles. The Morgan fingerprint density at radius 1 is 1.18 bits per heavy atom. The number of aromatic nitrogens is 2. The zero-order valence-electron chi connectivity index (χ0n) is 17.9. The predicted molar refractivity (Wildman–Crippen MR) is 114 cm³/mol. The number of ether oxygens (including phenoxy) is 1. The molecule has 2 aliphatic rings. The van der Waals surface area contributed by atoms with Gasteiger partial charge in [0.1, 0.15) is 23.5 Å². The van der Waals surface area contributed by atoms with Crippen LogP contribution in [0.2, 0.25) is 0 Å². The Kier molecular flexibility index (Phi) is 5.34. The topological polar surface area (TPSA) is 110 Å². The second-order valence-electron chi connectivity index (χ2n) is 8.02. The number of nitrogens with zero attached hydrogens (tertiary/aromatic N) is 5. The number of urea groups is 1. The Labute approximate surface area is 191 Å². The van der Waals surface area contributed by atoms with Crippen LogP contribution < -0.4 is 10.5 Å². The Bertz CT molecular complexity index is 1250. The summed E-state index contributed by atoms with van der Waals surface area (Å²) in [5.41, 5.74) is 6.90. The summed E-state index contributed by atoms with van der Waals surface area (Å²) in [4.78, 5) is 18.4. The fourth-order valence-corrected chi connectivity index (χ4v) is 3.98. The fourth-order valence-electron chi connectivity index (χ4n) is 3.98. The maximum atomic E-state index is 14.3. The molecule has 2 aliphatic heterocycles. The van der Waals surface area contributed by atoms with E-state index in [9.17, 15) is 18.0 Å². The van der Waals surface area contributed by atoms with Gasteiger partial charge >= 0.3 is 6.03 Å². The number of halogens is 3. The molecule has 1 atom stereocenters. The van der Waals surface area contributed by atoms with E-state index in [2.05, 4.69) is 15.2 Å². The number of nitrogens with two attached hydrogens (primary N) is 1. The second-order valence-corrected chi connectivity index (χ2v) is 8.02. The van der Waals surface area contributed by atoms with Gasteiger partial charge in [0.25, 0.3) is 0 Å². The zero-order valence-corrected chi connectivity index (χ0v) is 17.9. The molecule has 0 spiro atoms. The molecule has 1 aromatic carbocycles. The van der Waals surface area contributed by atoms with Gasteiger partial charge in [-0.15, -0.1) is 0 Å². The molecule has 0 saturated carbocycles. The number of nitrogen functional groups attached to an aromatic ring is 1. The first-order valence-corrected chi connectivity index (χ1v) is 10.4. The lowest BCUT2D eigenvalue weighted by molar-refractivity contribution is 0.0256. The van der Waals surface area contributed by atoms with E-state index in [0.717, 1.165) is 12.3 Å². The molecule has 2 aromatic heterocycles. The van der Waals surface area contributed by atoms with Crippen LogP contribution in [-0.4, -0.2) is 51.5 Å². The van der Waals surface area contributed by atoms with Crippen molar-refractivity contribution in [3.8, 4) is 17.0 Å². The number of amides is 2. The van der Waals surface area contributed by atoms with E-state index in [4.69, 9.17) is 15.0 Å². The number of carbonyl (C=O) groups is 1.